The van der Waals surface area contributed by atoms with Crippen molar-refractivity contribution in [1.82, 2.24) is 0 Å². The van der Waals surface area contributed by atoms with Crippen LogP contribution in [0.5, 0.6) is 5.75 Å². The van der Waals surface area contributed by atoms with E-state index in [1.54, 1.807) is 6.07 Å². The van der Waals surface area contributed by atoms with Gasteiger partial charge in [0.2, 0.25) is 0 Å². The first kappa shape index (κ1) is 14.9. The molecule has 0 spiro atoms. The lowest BCUT2D eigenvalue weighted by atomic mass is 9.99. The molecule has 2 N–H and O–H groups in total. The molecule has 0 unspecified atom stereocenters. The molecule has 0 aliphatic carbocycles. The molecule has 3 nitrogen and oxygen atoms in total. The first-order valence-corrected chi connectivity index (χ1v) is 7.03. The molecule has 0 saturated carbocycles. The van der Waals surface area contributed by atoms with Crippen molar-refractivity contribution < 1.29 is 4.74 Å². The second-order valence-corrected chi connectivity index (χ2v) is 5.50. The smallest absolute Gasteiger partial charge is 0.123 e. The Kier molecular flexibility index (Phi) is 4.49. The Balaban J connectivity index is 2.23. The number of hydrogen-bond donors (Lipinski definition) is 1. The third-order valence-electron chi connectivity index (χ3n) is 3.47. The zero-order valence-electron chi connectivity index (χ0n) is 12.7. The van der Waals surface area contributed by atoms with E-state index in [-0.39, 0.29) is 0 Å². The van der Waals surface area contributed by atoms with Gasteiger partial charge in [-0.25, -0.2) is 0 Å². The Bertz CT molecular complexity index is 684. The van der Waals surface area contributed by atoms with E-state index in [1.807, 2.05) is 37.3 Å². The zero-order valence-corrected chi connectivity index (χ0v) is 12.7. The summed E-state index contributed by atoms with van der Waals surface area (Å²) >= 11 is 0. The van der Waals surface area contributed by atoms with E-state index < -0.39 is 0 Å². The van der Waals surface area contributed by atoms with Gasteiger partial charge in [0.05, 0.1) is 11.6 Å². The van der Waals surface area contributed by atoms with E-state index in [1.165, 1.54) is 0 Å². The van der Waals surface area contributed by atoms with Crippen molar-refractivity contribution >= 4 is 5.69 Å². The van der Waals surface area contributed by atoms with Gasteiger partial charge >= 0.3 is 0 Å². The summed E-state index contributed by atoms with van der Waals surface area (Å²) in [5.74, 6) is 1.20. The van der Waals surface area contributed by atoms with Gasteiger partial charge in [-0.15, -0.1) is 0 Å². The number of nitrogen functional groups attached to an aromatic ring is 1. The van der Waals surface area contributed by atoms with E-state index >= 15 is 0 Å². The van der Waals surface area contributed by atoms with Crippen molar-refractivity contribution in [3.63, 3.8) is 0 Å². The van der Waals surface area contributed by atoms with Crippen LogP contribution in [0, 0.1) is 18.3 Å². The average Bonchev–Trinajstić information content (AvgIpc) is 2.48. The maximum absolute atomic E-state index is 8.93. The highest BCUT2D eigenvalue weighted by Gasteiger charge is 2.11. The van der Waals surface area contributed by atoms with Crippen molar-refractivity contribution in [3.8, 4) is 11.8 Å². The van der Waals surface area contributed by atoms with E-state index in [4.69, 9.17) is 15.7 Å². The molecule has 2 aromatic rings. The molecular formula is C18H20N2O. The highest BCUT2D eigenvalue weighted by molar-refractivity contribution is 5.55. The Hall–Kier alpha value is -2.47. The fraction of sp³-hybridized carbons (Fsp3) is 0.278. The van der Waals surface area contributed by atoms with Crippen LogP contribution in [0.4, 0.5) is 5.69 Å². The normalized spacial score (nSPS) is 10.4. The molecule has 0 aliphatic rings. The van der Waals surface area contributed by atoms with Crippen molar-refractivity contribution in [1.29, 1.82) is 5.26 Å². The maximum Gasteiger partial charge on any atom is 0.123 e. The molecular weight excluding hydrogens is 260 g/mol. The number of nitrogens with zero attached hydrogens (tertiary/aromatic N) is 1. The van der Waals surface area contributed by atoms with Crippen LogP contribution in [0.15, 0.2) is 36.4 Å². The lowest BCUT2D eigenvalue weighted by Crippen LogP contribution is -2.02. The molecule has 0 bridgehead atoms. The molecule has 0 radical (unpaired) electrons. The minimum Gasteiger partial charge on any atom is -0.489 e. The van der Waals surface area contributed by atoms with Gasteiger partial charge in [0, 0.05) is 5.69 Å². The average molecular weight is 280 g/mol. The SMILES string of the molecule is Cc1cc(OCc2cccc(C#N)c2)c(C(C)C)cc1N. The van der Waals surface area contributed by atoms with Crippen molar-refractivity contribution in [2.75, 3.05) is 5.73 Å². The first-order valence-electron chi connectivity index (χ1n) is 7.03. The van der Waals surface area contributed by atoms with Crippen molar-refractivity contribution in [2.24, 2.45) is 0 Å². The fourth-order valence-corrected chi connectivity index (χ4v) is 2.18. The third kappa shape index (κ3) is 3.55. The number of benzene rings is 2. The summed E-state index contributed by atoms with van der Waals surface area (Å²) in [4.78, 5) is 0. The van der Waals surface area contributed by atoms with Crippen LogP contribution in [0.1, 0.15) is 42.0 Å². The number of nitrogens with two attached hydrogens (primary N) is 1. The fourth-order valence-electron chi connectivity index (χ4n) is 2.18. The van der Waals surface area contributed by atoms with Crippen molar-refractivity contribution in [2.45, 2.75) is 33.3 Å². The standard InChI is InChI=1S/C18H20N2O/c1-12(2)16-9-17(20)13(3)7-18(16)21-11-15-6-4-5-14(8-15)10-19/h4-9,12H,11,20H2,1-3H3. The van der Waals surface area contributed by atoms with Gasteiger partial charge < -0.3 is 10.5 Å². The lowest BCUT2D eigenvalue weighted by molar-refractivity contribution is 0.301. The van der Waals surface area contributed by atoms with Gasteiger partial charge in [-0.1, -0.05) is 26.0 Å². The molecule has 3 heteroatoms. The largest absolute Gasteiger partial charge is 0.489 e. The Labute approximate surface area is 126 Å². The van der Waals surface area contributed by atoms with E-state index in [0.29, 0.717) is 18.1 Å². The number of rotatable bonds is 4. The summed E-state index contributed by atoms with van der Waals surface area (Å²) in [6.07, 6.45) is 0. The number of ether oxygens (including phenoxy) is 1. The lowest BCUT2D eigenvalue weighted by Gasteiger charge is -2.16. The van der Waals surface area contributed by atoms with Gasteiger partial charge in [0.25, 0.3) is 0 Å². The van der Waals surface area contributed by atoms with Gasteiger partial charge in [0.15, 0.2) is 0 Å². The van der Waals surface area contributed by atoms with Crippen LogP contribution >= 0.6 is 0 Å². The topological polar surface area (TPSA) is 59.0 Å². The van der Waals surface area contributed by atoms with Crippen LogP contribution < -0.4 is 10.5 Å². The summed E-state index contributed by atoms with van der Waals surface area (Å²) in [6, 6.07) is 13.6. The summed E-state index contributed by atoms with van der Waals surface area (Å²) in [7, 11) is 0. The molecule has 0 heterocycles. The quantitative estimate of drug-likeness (QED) is 0.856. The molecule has 21 heavy (non-hydrogen) atoms. The van der Waals surface area contributed by atoms with Gasteiger partial charge in [0.1, 0.15) is 12.4 Å². The van der Waals surface area contributed by atoms with Crippen LogP contribution in [-0.4, -0.2) is 0 Å². The molecule has 0 amide bonds. The molecule has 108 valence electrons. The highest BCUT2D eigenvalue weighted by atomic mass is 16.5. The predicted octanol–water partition coefficient (Wildman–Crippen LogP) is 4.15. The van der Waals surface area contributed by atoms with Crippen LogP contribution in [0.3, 0.4) is 0 Å². The molecule has 2 rings (SSSR count). The number of aryl methyl sites for hydroxylation is 1. The predicted molar refractivity (Wildman–Crippen MR) is 85.2 cm³/mol. The van der Waals surface area contributed by atoms with Gasteiger partial charge in [-0.05, 0) is 53.8 Å². The molecule has 0 aliphatic heterocycles. The van der Waals surface area contributed by atoms with Gasteiger partial charge in [-0.2, -0.15) is 5.26 Å². The van der Waals surface area contributed by atoms with Crippen LogP contribution in [0.2, 0.25) is 0 Å². The summed E-state index contributed by atoms with van der Waals surface area (Å²) < 4.78 is 5.95. The van der Waals surface area contributed by atoms with Crippen LogP contribution in [0.25, 0.3) is 0 Å². The minimum atomic E-state index is 0.341. The molecule has 0 saturated heterocycles. The molecule has 0 fully saturated rings. The van der Waals surface area contributed by atoms with E-state index in [0.717, 1.165) is 28.1 Å². The number of nitriles is 1. The minimum absolute atomic E-state index is 0.341. The highest BCUT2D eigenvalue weighted by Crippen LogP contribution is 2.31. The first-order chi connectivity index (χ1) is 10.0. The number of anilines is 1. The summed E-state index contributed by atoms with van der Waals surface area (Å²) in [5.41, 5.74) is 10.5. The molecule has 2 aromatic carbocycles. The second kappa shape index (κ2) is 6.32. The van der Waals surface area contributed by atoms with Gasteiger partial charge in [-0.3, -0.25) is 0 Å². The van der Waals surface area contributed by atoms with Crippen LogP contribution in [-0.2, 0) is 6.61 Å². The molecule has 0 atom stereocenters. The van der Waals surface area contributed by atoms with Crippen molar-refractivity contribution in [3.05, 3.63) is 58.7 Å². The zero-order chi connectivity index (χ0) is 15.4. The second-order valence-electron chi connectivity index (χ2n) is 5.50. The summed E-state index contributed by atoms with van der Waals surface area (Å²) in [6.45, 7) is 6.65. The molecule has 0 aromatic heterocycles. The van der Waals surface area contributed by atoms with E-state index in [2.05, 4.69) is 19.9 Å². The maximum atomic E-state index is 8.93. The monoisotopic (exact) mass is 280 g/mol. The number of hydrogen-bond acceptors (Lipinski definition) is 3. The Morgan fingerprint density at radius 1 is 1.24 bits per heavy atom. The van der Waals surface area contributed by atoms with E-state index in [9.17, 15) is 0 Å². The Morgan fingerprint density at radius 3 is 2.67 bits per heavy atom. The third-order valence-corrected chi connectivity index (χ3v) is 3.47. The Morgan fingerprint density at radius 2 is 2.00 bits per heavy atom. The summed E-state index contributed by atoms with van der Waals surface area (Å²) in [5, 5.41) is 8.93.